The summed E-state index contributed by atoms with van der Waals surface area (Å²) in [5, 5.41) is 12.8. The highest BCUT2D eigenvalue weighted by molar-refractivity contribution is 5.28. The molecule has 118 valence electrons. The third-order valence-corrected chi connectivity index (χ3v) is 3.17. The Morgan fingerprint density at radius 3 is 2.50 bits per heavy atom. The fraction of sp³-hybridized carbons (Fsp3) is 0.333. The number of rotatable bonds is 5. The van der Waals surface area contributed by atoms with Gasteiger partial charge in [-0.15, -0.1) is 0 Å². The number of alkyl halides is 3. The number of nitrogens with zero attached hydrogens (tertiary/aromatic N) is 2. The number of aromatic nitrogens is 2. The van der Waals surface area contributed by atoms with Gasteiger partial charge in [-0.3, -0.25) is 0 Å². The summed E-state index contributed by atoms with van der Waals surface area (Å²) in [7, 11) is 0. The first-order valence-corrected chi connectivity index (χ1v) is 6.75. The quantitative estimate of drug-likeness (QED) is 0.891. The van der Waals surface area contributed by atoms with Crippen LogP contribution in [0.1, 0.15) is 18.2 Å². The molecule has 1 aromatic carbocycles. The van der Waals surface area contributed by atoms with Crippen LogP contribution in [-0.2, 0) is 12.6 Å². The minimum absolute atomic E-state index is 0.158. The third-order valence-electron chi connectivity index (χ3n) is 3.17. The molecule has 0 saturated carbocycles. The predicted octanol–water partition coefficient (Wildman–Crippen LogP) is 2.90. The number of nitrogens with one attached hydrogen (secondary N) is 1. The fourth-order valence-corrected chi connectivity index (χ4v) is 1.92. The van der Waals surface area contributed by atoms with Gasteiger partial charge in [0.15, 0.2) is 0 Å². The van der Waals surface area contributed by atoms with Crippen molar-refractivity contribution in [1.82, 2.24) is 9.97 Å². The van der Waals surface area contributed by atoms with Gasteiger partial charge in [0, 0.05) is 12.6 Å². The molecule has 0 aliphatic rings. The van der Waals surface area contributed by atoms with Gasteiger partial charge >= 0.3 is 6.18 Å². The molecule has 0 spiro atoms. The van der Waals surface area contributed by atoms with Crippen LogP contribution in [0.3, 0.4) is 0 Å². The molecule has 0 aliphatic heterocycles. The van der Waals surface area contributed by atoms with E-state index in [1.54, 1.807) is 6.92 Å². The van der Waals surface area contributed by atoms with Crippen LogP contribution in [0.5, 0.6) is 0 Å². The smallest absolute Gasteiger partial charge is 0.391 e. The lowest BCUT2D eigenvalue weighted by atomic mass is 10.0. The van der Waals surface area contributed by atoms with E-state index < -0.39 is 24.0 Å². The van der Waals surface area contributed by atoms with Crippen LogP contribution in [0.4, 0.5) is 19.1 Å². The zero-order chi connectivity index (χ0) is 16.2. The summed E-state index contributed by atoms with van der Waals surface area (Å²) in [6.45, 7) is 1.66. The molecule has 0 radical (unpaired) electrons. The minimum Gasteiger partial charge on any atom is -0.391 e. The molecule has 2 rings (SSSR count). The van der Waals surface area contributed by atoms with E-state index in [1.165, 1.54) is 0 Å². The van der Waals surface area contributed by atoms with Crippen molar-refractivity contribution >= 4 is 5.95 Å². The Morgan fingerprint density at radius 1 is 1.18 bits per heavy atom. The van der Waals surface area contributed by atoms with Crippen molar-refractivity contribution in [2.24, 2.45) is 0 Å². The Bertz CT molecular complexity index is 604. The van der Waals surface area contributed by atoms with Crippen molar-refractivity contribution in [2.75, 3.05) is 5.32 Å². The molecule has 2 aromatic rings. The molecule has 2 N–H and O–H groups in total. The highest BCUT2D eigenvalue weighted by Gasteiger charge is 2.33. The molecule has 2 atom stereocenters. The van der Waals surface area contributed by atoms with Crippen molar-refractivity contribution in [3.8, 4) is 0 Å². The summed E-state index contributed by atoms with van der Waals surface area (Å²) < 4.78 is 37.8. The van der Waals surface area contributed by atoms with Crippen molar-refractivity contribution in [1.29, 1.82) is 0 Å². The number of hydrogen-bond acceptors (Lipinski definition) is 4. The highest BCUT2D eigenvalue weighted by Crippen LogP contribution is 2.27. The number of aliphatic hydroxyl groups is 1. The molecular formula is C15H16F3N3O. The standard InChI is InChI=1S/C15H16F3N3O/c1-10(12(22)9-11-5-3-2-4-6-11)20-14-19-8-7-13(21-14)15(16,17)18/h2-8,10,12,22H,9H2,1H3,(H,19,20,21)/t10-,12-/m0/s1. The zero-order valence-electron chi connectivity index (χ0n) is 11.9. The van der Waals surface area contributed by atoms with Crippen molar-refractivity contribution in [2.45, 2.75) is 31.7 Å². The van der Waals surface area contributed by atoms with Gasteiger partial charge in [-0.2, -0.15) is 13.2 Å². The first-order chi connectivity index (χ1) is 10.4. The molecule has 0 aliphatic carbocycles. The predicted molar refractivity (Wildman–Crippen MR) is 76.3 cm³/mol. The van der Waals surface area contributed by atoms with Crippen LogP contribution in [-0.4, -0.2) is 27.2 Å². The Hall–Kier alpha value is -2.15. The summed E-state index contributed by atoms with van der Waals surface area (Å²) in [5.41, 5.74) is -0.0802. The van der Waals surface area contributed by atoms with E-state index in [0.29, 0.717) is 6.42 Å². The SMILES string of the molecule is C[C@H](Nc1nccc(C(F)(F)F)n1)[C@@H](O)Cc1ccccc1. The second-order valence-corrected chi connectivity index (χ2v) is 4.95. The van der Waals surface area contributed by atoms with Crippen LogP contribution in [0.2, 0.25) is 0 Å². The van der Waals surface area contributed by atoms with Crippen LogP contribution >= 0.6 is 0 Å². The largest absolute Gasteiger partial charge is 0.433 e. The zero-order valence-corrected chi connectivity index (χ0v) is 11.9. The maximum Gasteiger partial charge on any atom is 0.433 e. The third kappa shape index (κ3) is 4.42. The number of halogens is 3. The summed E-state index contributed by atoms with van der Waals surface area (Å²) >= 11 is 0. The number of anilines is 1. The van der Waals surface area contributed by atoms with Gasteiger partial charge in [-0.1, -0.05) is 30.3 Å². The van der Waals surface area contributed by atoms with Gasteiger partial charge in [-0.25, -0.2) is 9.97 Å². The number of benzene rings is 1. The first kappa shape index (κ1) is 16.2. The minimum atomic E-state index is -4.52. The second-order valence-electron chi connectivity index (χ2n) is 4.95. The van der Waals surface area contributed by atoms with E-state index in [4.69, 9.17) is 0 Å². The van der Waals surface area contributed by atoms with E-state index >= 15 is 0 Å². The van der Waals surface area contributed by atoms with Gasteiger partial charge in [0.1, 0.15) is 5.69 Å². The molecule has 0 saturated heterocycles. The van der Waals surface area contributed by atoms with E-state index in [0.717, 1.165) is 17.8 Å². The molecule has 7 heteroatoms. The van der Waals surface area contributed by atoms with Crippen LogP contribution in [0.25, 0.3) is 0 Å². The fourth-order valence-electron chi connectivity index (χ4n) is 1.92. The monoisotopic (exact) mass is 311 g/mol. The normalized spacial score (nSPS) is 14.4. The number of aliphatic hydroxyl groups excluding tert-OH is 1. The van der Waals surface area contributed by atoms with Crippen molar-refractivity contribution in [3.63, 3.8) is 0 Å². The van der Waals surface area contributed by atoms with Crippen molar-refractivity contribution in [3.05, 3.63) is 53.9 Å². The lowest BCUT2D eigenvalue weighted by Crippen LogP contribution is -2.33. The molecule has 22 heavy (non-hydrogen) atoms. The molecule has 1 heterocycles. The molecule has 4 nitrogen and oxygen atoms in total. The van der Waals surface area contributed by atoms with Gasteiger partial charge in [0.05, 0.1) is 12.1 Å². The lowest BCUT2D eigenvalue weighted by Gasteiger charge is -2.20. The van der Waals surface area contributed by atoms with E-state index in [1.807, 2.05) is 30.3 Å². The first-order valence-electron chi connectivity index (χ1n) is 6.75. The summed E-state index contributed by atoms with van der Waals surface area (Å²) in [4.78, 5) is 7.16. The maximum atomic E-state index is 12.6. The molecular weight excluding hydrogens is 295 g/mol. The number of hydrogen-bond donors (Lipinski definition) is 2. The Balaban J connectivity index is 2.01. The molecule has 1 aromatic heterocycles. The lowest BCUT2D eigenvalue weighted by molar-refractivity contribution is -0.141. The van der Waals surface area contributed by atoms with E-state index in [9.17, 15) is 18.3 Å². The summed E-state index contributed by atoms with van der Waals surface area (Å²) in [6, 6.07) is 9.63. The molecule has 0 amide bonds. The van der Waals surface area contributed by atoms with Crippen LogP contribution < -0.4 is 5.32 Å². The maximum absolute atomic E-state index is 12.6. The molecule has 0 unspecified atom stereocenters. The highest BCUT2D eigenvalue weighted by atomic mass is 19.4. The van der Waals surface area contributed by atoms with Gasteiger partial charge in [0.25, 0.3) is 0 Å². The Kier molecular flexibility index (Phi) is 4.97. The average molecular weight is 311 g/mol. The Labute approximate surface area is 126 Å². The summed E-state index contributed by atoms with van der Waals surface area (Å²) in [5.74, 6) is -0.158. The topological polar surface area (TPSA) is 58.0 Å². The van der Waals surface area contributed by atoms with E-state index in [2.05, 4.69) is 15.3 Å². The Morgan fingerprint density at radius 2 is 1.86 bits per heavy atom. The van der Waals surface area contributed by atoms with Gasteiger partial charge in [-0.05, 0) is 18.6 Å². The average Bonchev–Trinajstić information content (AvgIpc) is 2.47. The van der Waals surface area contributed by atoms with Crippen LogP contribution in [0.15, 0.2) is 42.6 Å². The second kappa shape index (κ2) is 6.74. The van der Waals surface area contributed by atoms with Crippen LogP contribution in [0, 0.1) is 0 Å². The van der Waals surface area contributed by atoms with Gasteiger partial charge in [0.2, 0.25) is 5.95 Å². The van der Waals surface area contributed by atoms with E-state index in [-0.39, 0.29) is 5.95 Å². The summed E-state index contributed by atoms with van der Waals surface area (Å²) in [6.07, 6.45) is -3.88. The molecule has 0 bridgehead atoms. The van der Waals surface area contributed by atoms with Crippen molar-refractivity contribution < 1.29 is 18.3 Å². The molecule has 0 fully saturated rings. The van der Waals surface area contributed by atoms with Gasteiger partial charge < -0.3 is 10.4 Å².